The lowest BCUT2D eigenvalue weighted by Gasteiger charge is -2.42. The predicted octanol–water partition coefficient (Wildman–Crippen LogP) is 6.36. The third-order valence-electron chi connectivity index (χ3n) is 6.80. The first-order chi connectivity index (χ1) is 19.3. The fourth-order valence-corrected chi connectivity index (χ4v) is 4.70. The van der Waals surface area contributed by atoms with Crippen molar-refractivity contribution >= 4 is 0 Å². The molecule has 0 N–H and O–H groups in total. The highest BCUT2D eigenvalue weighted by molar-refractivity contribution is 5.16. The molecule has 5 rings (SSSR count). The maximum absolute atomic E-state index is 6.58. The third kappa shape index (κ3) is 8.33. The van der Waals surface area contributed by atoms with Crippen LogP contribution in [0.4, 0.5) is 0 Å². The maximum Gasteiger partial charge on any atom is 0.115 e. The van der Waals surface area contributed by atoms with E-state index in [1.807, 2.05) is 72.8 Å². The minimum absolute atomic E-state index is 0.292. The van der Waals surface area contributed by atoms with Crippen molar-refractivity contribution in [3.05, 3.63) is 144 Å². The van der Waals surface area contributed by atoms with Crippen molar-refractivity contribution < 1.29 is 23.7 Å². The average molecular weight is 525 g/mol. The van der Waals surface area contributed by atoms with Gasteiger partial charge in [0.1, 0.15) is 24.4 Å². The van der Waals surface area contributed by atoms with Gasteiger partial charge in [0, 0.05) is 0 Å². The normalized spacial score (nSPS) is 21.0. The molecule has 0 amide bonds. The second kappa shape index (κ2) is 14.7. The molecule has 1 saturated heterocycles. The van der Waals surface area contributed by atoms with Crippen LogP contribution in [0.25, 0.3) is 0 Å². The molecule has 0 aliphatic carbocycles. The zero-order valence-corrected chi connectivity index (χ0v) is 22.1. The lowest BCUT2D eigenvalue weighted by Crippen LogP contribution is -2.57. The summed E-state index contributed by atoms with van der Waals surface area (Å²) in [7, 11) is 0. The van der Waals surface area contributed by atoms with Gasteiger partial charge in [0.2, 0.25) is 0 Å². The van der Waals surface area contributed by atoms with E-state index in [2.05, 4.69) is 48.5 Å². The molecule has 4 atom stereocenters. The number of benzene rings is 4. The van der Waals surface area contributed by atoms with Gasteiger partial charge in [0.15, 0.2) is 0 Å². The van der Waals surface area contributed by atoms with Crippen molar-refractivity contribution in [3.63, 3.8) is 0 Å². The number of hydrogen-bond acceptors (Lipinski definition) is 5. The molecule has 0 spiro atoms. The summed E-state index contributed by atoms with van der Waals surface area (Å²) in [6.45, 7) is 2.68. The van der Waals surface area contributed by atoms with E-state index in [-0.39, 0.29) is 24.4 Å². The van der Waals surface area contributed by atoms with Crippen molar-refractivity contribution in [1.29, 1.82) is 0 Å². The first kappa shape index (κ1) is 27.3. The van der Waals surface area contributed by atoms with Crippen LogP contribution in [0.3, 0.4) is 0 Å². The Labute approximate surface area is 231 Å². The summed E-state index contributed by atoms with van der Waals surface area (Å²) in [6.07, 6.45) is -1.30. The lowest BCUT2D eigenvalue weighted by molar-refractivity contribution is -0.246. The fourth-order valence-electron chi connectivity index (χ4n) is 4.70. The molecule has 5 heteroatoms. The van der Waals surface area contributed by atoms with Gasteiger partial charge < -0.3 is 23.7 Å². The molecular weight excluding hydrogens is 488 g/mol. The Morgan fingerprint density at radius 2 is 0.897 bits per heavy atom. The highest BCUT2D eigenvalue weighted by Gasteiger charge is 2.43. The van der Waals surface area contributed by atoms with Crippen LogP contribution in [0.1, 0.15) is 22.3 Å². The number of hydrogen-bond donors (Lipinski definition) is 0. The Balaban J connectivity index is 1.32. The van der Waals surface area contributed by atoms with E-state index >= 15 is 0 Å². The van der Waals surface area contributed by atoms with Gasteiger partial charge in [-0.05, 0) is 22.3 Å². The van der Waals surface area contributed by atoms with E-state index in [0.29, 0.717) is 39.6 Å². The van der Waals surface area contributed by atoms with E-state index in [9.17, 15) is 0 Å². The molecule has 5 nitrogen and oxygen atoms in total. The van der Waals surface area contributed by atoms with Gasteiger partial charge in [-0.1, -0.05) is 121 Å². The minimum atomic E-state index is -0.376. The molecule has 1 heterocycles. The van der Waals surface area contributed by atoms with Crippen LogP contribution in [-0.4, -0.2) is 37.6 Å². The van der Waals surface area contributed by atoms with Gasteiger partial charge in [-0.25, -0.2) is 0 Å². The third-order valence-corrected chi connectivity index (χ3v) is 6.80. The summed E-state index contributed by atoms with van der Waals surface area (Å²) >= 11 is 0. The molecular formula is C34H36O5. The molecule has 4 aromatic rings. The SMILES string of the molecule is c1ccc(COC[C@@H]2OC[C@@H](OCc3ccccc3)[C@H](OCc3ccccc3)[C@H]2OCc2ccccc2)cc1. The van der Waals surface area contributed by atoms with Crippen molar-refractivity contribution in [1.82, 2.24) is 0 Å². The van der Waals surface area contributed by atoms with Crippen molar-refractivity contribution in [2.45, 2.75) is 50.8 Å². The largest absolute Gasteiger partial charge is 0.374 e. The van der Waals surface area contributed by atoms with E-state index in [1.54, 1.807) is 0 Å². The van der Waals surface area contributed by atoms with Gasteiger partial charge in [-0.15, -0.1) is 0 Å². The summed E-state index contributed by atoms with van der Waals surface area (Å²) in [5.74, 6) is 0. The monoisotopic (exact) mass is 524 g/mol. The van der Waals surface area contributed by atoms with Crippen LogP contribution >= 0.6 is 0 Å². The molecule has 202 valence electrons. The second-order valence-electron chi connectivity index (χ2n) is 9.73. The first-order valence-corrected chi connectivity index (χ1v) is 13.5. The molecule has 0 aromatic heterocycles. The number of ether oxygens (including phenoxy) is 5. The number of rotatable bonds is 13. The Hall–Kier alpha value is -3.32. The minimum Gasteiger partial charge on any atom is -0.374 e. The topological polar surface area (TPSA) is 46.2 Å². The lowest BCUT2D eigenvalue weighted by atomic mass is 9.99. The zero-order chi connectivity index (χ0) is 26.5. The average Bonchev–Trinajstić information content (AvgIpc) is 3.00. The van der Waals surface area contributed by atoms with Crippen molar-refractivity contribution in [2.24, 2.45) is 0 Å². The van der Waals surface area contributed by atoms with Crippen LogP contribution in [0.2, 0.25) is 0 Å². The molecule has 0 radical (unpaired) electrons. The summed E-state index contributed by atoms with van der Waals surface area (Å²) in [5, 5.41) is 0. The maximum atomic E-state index is 6.58. The summed E-state index contributed by atoms with van der Waals surface area (Å²) in [4.78, 5) is 0. The molecule has 0 unspecified atom stereocenters. The Morgan fingerprint density at radius 1 is 0.487 bits per heavy atom. The Morgan fingerprint density at radius 3 is 1.38 bits per heavy atom. The Kier molecular flexibility index (Phi) is 10.3. The van der Waals surface area contributed by atoms with E-state index in [1.165, 1.54) is 0 Å². The first-order valence-electron chi connectivity index (χ1n) is 13.5. The highest BCUT2D eigenvalue weighted by Crippen LogP contribution is 2.27. The molecule has 4 aromatic carbocycles. The van der Waals surface area contributed by atoms with Crippen LogP contribution in [0.5, 0.6) is 0 Å². The molecule has 0 bridgehead atoms. The van der Waals surface area contributed by atoms with Crippen LogP contribution < -0.4 is 0 Å². The summed E-state index contributed by atoms with van der Waals surface area (Å²) in [5.41, 5.74) is 4.42. The van der Waals surface area contributed by atoms with Gasteiger partial charge in [-0.3, -0.25) is 0 Å². The molecule has 1 aliphatic rings. The smallest absolute Gasteiger partial charge is 0.115 e. The zero-order valence-electron chi connectivity index (χ0n) is 22.1. The fraction of sp³-hybridized carbons (Fsp3) is 0.294. The summed E-state index contributed by atoms with van der Waals surface area (Å²) in [6, 6.07) is 40.7. The van der Waals surface area contributed by atoms with Gasteiger partial charge >= 0.3 is 0 Å². The van der Waals surface area contributed by atoms with Crippen molar-refractivity contribution in [3.8, 4) is 0 Å². The molecule has 39 heavy (non-hydrogen) atoms. The quantitative estimate of drug-likeness (QED) is 0.204. The van der Waals surface area contributed by atoms with Crippen LogP contribution in [0, 0.1) is 0 Å². The van der Waals surface area contributed by atoms with Gasteiger partial charge in [0.05, 0.1) is 39.6 Å². The van der Waals surface area contributed by atoms with E-state index < -0.39 is 0 Å². The summed E-state index contributed by atoms with van der Waals surface area (Å²) < 4.78 is 32.0. The van der Waals surface area contributed by atoms with Crippen LogP contribution in [0.15, 0.2) is 121 Å². The second-order valence-corrected chi connectivity index (χ2v) is 9.73. The van der Waals surface area contributed by atoms with Crippen molar-refractivity contribution in [2.75, 3.05) is 13.2 Å². The van der Waals surface area contributed by atoms with Crippen LogP contribution in [-0.2, 0) is 50.1 Å². The standard InChI is InChI=1S/C34H36O5/c1-5-13-27(14-6-1)21-35-25-31-33(38-23-29-17-9-3-10-18-29)34(39-24-30-19-11-4-12-20-30)32(26-37-31)36-22-28-15-7-2-8-16-28/h1-20,31-34H,21-26H2/t31-,32+,33-,34-/m0/s1. The van der Waals surface area contributed by atoms with Gasteiger partial charge in [-0.2, -0.15) is 0 Å². The Bertz CT molecular complexity index is 1200. The predicted molar refractivity (Wildman–Crippen MR) is 151 cm³/mol. The van der Waals surface area contributed by atoms with E-state index in [0.717, 1.165) is 22.3 Å². The molecule has 1 aliphatic heterocycles. The molecule has 0 saturated carbocycles. The van der Waals surface area contributed by atoms with Gasteiger partial charge in [0.25, 0.3) is 0 Å². The molecule has 1 fully saturated rings. The highest BCUT2D eigenvalue weighted by atomic mass is 16.6. The van der Waals surface area contributed by atoms with E-state index in [4.69, 9.17) is 23.7 Å².